The van der Waals surface area contributed by atoms with Crippen LogP contribution in [0, 0.1) is 5.82 Å². The van der Waals surface area contributed by atoms with Gasteiger partial charge in [0.25, 0.3) is 0 Å². The number of pyridine rings is 1. The molecule has 0 aliphatic heterocycles. The predicted octanol–water partition coefficient (Wildman–Crippen LogP) is 1.92. The summed E-state index contributed by atoms with van der Waals surface area (Å²) in [5.74, 6) is -0.0890. The molecule has 6 heteroatoms. The molecule has 0 N–H and O–H groups in total. The maximum Gasteiger partial charge on any atom is 0.207 e. The molecular formula is C13H10FN5. The second-order valence-corrected chi connectivity index (χ2v) is 3.94. The topological polar surface area (TPSA) is 56.5 Å². The number of rotatable bonds is 3. The molecule has 2 aromatic heterocycles. The Morgan fingerprint density at radius 3 is 2.68 bits per heavy atom. The maximum atomic E-state index is 13.6. The quantitative estimate of drug-likeness (QED) is 0.717. The van der Waals surface area contributed by atoms with E-state index in [1.165, 1.54) is 10.9 Å². The van der Waals surface area contributed by atoms with Crippen molar-refractivity contribution in [2.75, 3.05) is 0 Å². The molecule has 94 valence electrons. The second kappa shape index (κ2) is 4.93. The van der Waals surface area contributed by atoms with E-state index in [-0.39, 0.29) is 11.6 Å². The van der Waals surface area contributed by atoms with Gasteiger partial charge >= 0.3 is 0 Å². The zero-order valence-electron chi connectivity index (χ0n) is 9.94. The van der Waals surface area contributed by atoms with E-state index < -0.39 is 0 Å². The lowest BCUT2D eigenvalue weighted by Gasteiger charge is -1.97. The highest BCUT2D eigenvalue weighted by molar-refractivity contribution is 5.54. The molecule has 3 rings (SSSR count). The molecule has 2 heterocycles. The molecule has 0 radical (unpaired) electrons. The first-order valence-electron chi connectivity index (χ1n) is 5.75. The fourth-order valence-corrected chi connectivity index (χ4v) is 1.70. The van der Waals surface area contributed by atoms with E-state index in [4.69, 9.17) is 0 Å². The van der Waals surface area contributed by atoms with Gasteiger partial charge in [0.05, 0.1) is 11.3 Å². The van der Waals surface area contributed by atoms with Crippen LogP contribution < -0.4 is 0 Å². The zero-order valence-corrected chi connectivity index (χ0v) is 9.94. The van der Waals surface area contributed by atoms with E-state index in [9.17, 15) is 4.39 Å². The lowest BCUT2D eigenvalue weighted by atomic mass is 10.2. The third kappa shape index (κ3) is 2.47. The van der Waals surface area contributed by atoms with Gasteiger partial charge in [0.15, 0.2) is 0 Å². The molecule has 1 aromatic carbocycles. The molecule has 3 aromatic rings. The van der Waals surface area contributed by atoms with E-state index in [0.29, 0.717) is 12.1 Å². The van der Waals surface area contributed by atoms with Crippen LogP contribution >= 0.6 is 0 Å². The summed E-state index contributed by atoms with van der Waals surface area (Å²) in [6.45, 7) is 0.405. The predicted molar refractivity (Wildman–Crippen MR) is 66.6 cm³/mol. The molecule has 0 bridgehead atoms. The molecule has 0 unspecified atom stereocenters. The van der Waals surface area contributed by atoms with Crippen LogP contribution in [0.2, 0.25) is 0 Å². The van der Waals surface area contributed by atoms with Crippen LogP contribution in [0.4, 0.5) is 4.39 Å². The summed E-state index contributed by atoms with van der Waals surface area (Å²) in [4.78, 5) is 5.56. The highest BCUT2D eigenvalue weighted by Crippen LogP contribution is 2.17. The van der Waals surface area contributed by atoms with Gasteiger partial charge < -0.3 is 0 Å². The number of nitrogens with zero attached hydrogens (tertiary/aromatic N) is 5. The van der Waals surface area contributed by atoms with E-state index in [0.717, 1.165) is 5.69 Å². The van der Waals surface area contributed by atoms with E-state index >= 15 is 0 Å². The lowest BCUT2D eigenvalue weighted by molar-refractivity contribution is 0.564. The Morgan fingerprint density at radius 1 is 1.05 bits per heavy atom. The van der Waals surface area contributed by atoms with E-state index in [1.54, 1.807) is 24.4 Å². The Balaban J connectivity index is 1.86. The molecule has 0 saturated carbocycles. The first kappa shape index (κ1) is 11.5. The Bertz CT molecular complexity index is 680. The summed E-state index contributed by atoms with van der Waals surface area (Å²) >= 11 is 0. The van der Waals surface area contributed by atoms with Crippen molar-refractivity contribution in [1.82, 2.24) is 25.2 Å². The first-order chi connectivity index (χ1) is 9.33. The second-order valence-electron chi connectivity index (χ2n) is 3.94. The van der Waals surface area contributed by atoms with Crippen LogP contribution in [0.15, 0.2) is 48.7 Å². The van der Waals surface area contributed by atoms with E-state index in [1.807, 2.05) is 18.2 Å². The van der Waals surface area contributed by atoms with Gasteiger partial charge in [0.1, 0.15) is 12.4 Å². The summed E-state index contributed by atoms with van der Waals surface area (Å²) in [6, 6.07) is 11.9. The van der Waals surface area contributed by atoms with Gasteiger partial charge in [-0.05, 0) is 29.5 Å². The van der Waals surface area contributed by atoms with Crippen molar-refractivity contribution in [1.29, 1.82) is 0 Å². The SMILES string of the molecule is Fc1ccccc1-c1nnn(Cc2ccccn2)n1. The van der Waals surface area contributed by atoms with Crippen LogP contribution in [0.3, 0.4) is 0 Å². The maximum absolute atomic E-state index is 13.6. The van der Waals surface area contributed by atoms with Crippen molar-refractivity contribution in [3.63, 3.8) is 0 Å². The average Bonchev–Trinajstić information content (AvgIpc) is 2.89. The van der Waals surface area contributed by atoms with E-state index in [2.05, 4.69) is 20.4 Å². The Morgan fingerprint density at radius 2 is 1.89 bits per heavy atom. The molecule has 5 nitrogen and oxygen atoms in total. The number of benzene rings is 1. The van der Waals surface area contributed by atoms with Crippen molar-refractivity contribution in [3.05, 3.63) is 60.2 Å². The number of aromatic nitrogens is 5. The monoisotopic (exact) mass is 255 g/mol. The number of hydrogen-bond acceptors (Lipinski definition) is 4. The lowest BCUT2D eigenvalue weighted by Crippen LogP contribution is -2.05. The van der Waals surface area contributed by atoms with Crippen molar-refractivity contribution in [3.8, 4) is 11.4 Å². The highest BCUT2D eigenvalue weighted by Gasteiger charge is 2.10. The van der Waals surface area contributed by atoms with Crippen molar-refractivity contribution < 1.29 is 4.39 Å². The molecule has 0 atom stereocenters. The van der Waals surface area contributed by atoms with Gasteiger partial charge in [-0.2, -0.15) is 4.80 Å². The minimum absolute atomic E-state index is 0.272. The number of halogens is 1. The van der Waals surface area contributed by atoms with Gasteiger partial charge in [-0.1, -0.05) is 18.2 Å². The van der Waals surface area contributed by atoms with Crippen molar-refractivity contribution in [2.45, 2.75) is 6.54 Å². The fourth-order valence-electron chi connectivity index (χ4n) is 1.70. The van der Waals surface area contributed by atoms with Gasteiger partial charge in [-0.15, -0.1) is 10.2 Å². The molecule has 0 aliphatic rings. The van der Waals surface area contributed by atoms with Crippen LogP contribution in [-0.4, -0.2) is 25.2 Å². The van der Waals surface area contributed by atoms with Gasteiger partial charge in [-0.25, -0.2) is 4.39 Å². The highest BCUT2D eigenvalue weighted by atomic mass is 19.1. The summed E-state index contributed by atoms with van der Waals surface area (Å²) < 4.78 is 13.6. The molecule has 0 fully saturated rings. The number of hydrogen-bond donors (Lipinski definition) is 0. The molecule has 0 saturated heterocycles. The fraction of sp³-hybridized carbons (Fsp3) is 0.0769. The minimum atomic E-state index is -0.361. The number of tetrazole rings is 1. The standard InChI is InChI=1S/C13H10FN5/c14-12-7-2-1-6-11(12)13-16-18-19(17-13)9-10-5-3-4-8-15-10/h1-8H,9H2. The van der Waals surface area contributed by atoms with Gasteiger partial charge in [0.2, 0.25) is 5.82 Å². The molecule has 19 heavy (non-hydrogen) atoms. The Hall–Kier alpha value is -2.63. The summed E-state index contributed by atoms with van der Waals surface area (Å²) in [5, 5.41) is 11.9. The van der Waals surface area contributed by atoms with Crippen LogP contribution in [0.25, 0.3) is 11.4 Å². The summed E-state index contributed by atoms with van der Waals surface area (Å²) in [6.07, 6.45) is 1.70. The summed E-state index contributed by atoms with van der Waals surface area (Å²) in [7, 11) is 0. The molecule has 0 amide bonds. The smallest absolute Gasteiger partial charge is 0.207 e. The van der Waals surface area contributed by atoms with Crippen molar-refractivity contribution >= 4 is 0 Å². The third-order valence-electron chi connectivity index (χ3n) is 2.60. The Kier molecular flexibility index (Phi) is 2.97. The minimum Gasteiger partial charge on any atom is -0.259 e. The van der Waals surface area contributed by atoms with Gasteiger partial charge in [0, 0.05) is 6.20 Å². The molecule has 0 spiro atoms. The van der Waals surface area contributed by atoms with Crippen LogP contribution in [-0.2, 0) is 6.54 Å². The third-order valence-corrected chi connectivity index (χ3v) is 2.60. The first-order valence-corrected chi connectivity index (χ1v) is 5.75. The average molecular weight is 255 g/mol. The van der Waals surface area contributed by atoms with Crippen LogP contribution in [0.5, 0.6) is 0 Å². The molecular weight excluding hydrogens is 245 g/mol. The molecule has 0 aliphatic carbocycles. The van der Waals surface area contributed by atoms with Crippen molar-refractivity contribution in [2.24, 2.45) is 0 Å². The zero-order chi connectivity index (χ0) is 13.1. The Labute approximate surface area is 108 Å². The van der Waals surface area contributed by atoms with Gasteiger partial charge in [-0.3, -0.25) is 4.98 Å². The summed E-state index contributed by atoms with van der Waals surface area (Å²) in [5.41, 5.74) is 1.16. The normalized spacial score (nSPS) is 10.6. The largest absolute Gasteiger partial charge is 0.259 e. The van der Waals surface area contributed by atoms with Crippen LogP contribution in [0.1, 0.15) is 5.69 Å².